The zero-order valence-electron chi connectivity index (χ0n) is 14.2. The molecular weight excluding hydrogens is 342 g/mol. The highest BCUT2D eigenvalue weighted by Gasteiger charge is 2.40. The number of carboxylic acid groups (broad SMARTS) is 1. The normalized spacial score (nSPS) is 18.6. The second kappa shape index (κ2) is 6.65. The van der Waals surface area contributed by atoms with Crippen molar-refractivity contribution in [1.29, 1.82) is 0 Å². The van der Waals surface area contributed by atoms with Gasteiger partial charge in [-0.25, -0.2) is 13.2 Å². The fraction of sp³-hybridized carbons (Fsp3) is 0.389. The number of hydrogen-bond donors (Lipinski definition) is 1. The van der Waals surface area contributed by atoms with Gasteiger partial charge in [-0.1, -0.05) is 30.3 Å². The number of aryl methyl sites for hydroxylation is 2. The summed E-state index contributed by atoms with van der Waals surface area (Å²) in [5, 5.41) is 9.42. The van der Waals surface area contributed by atoms with Gasteiger partial charge in [0.25, 0.3) is 0 Å². The molecule has 3 rings (SSSR count). The van der Waals surface area contributed by atoms with E-state index < -0.39 is 16.0 Å². The van der Waals surface area contributed by atoms with Crippen molar-refractivity contribution in [2.24, 2.45) is 0 Å². The maximum absolute atomic E-state index is 13.2. The van der Waals surface area contributed by atoms with Gasteiger partial charge in [0.2, 0.25) is 10.0 Å². The van der Waals surface area contributed by atoms with Crippen LogP contribution in [0.2, 0.25) is 0 Å². The molecule has 0 aliphatic carbocycles. The van der Waals surface area contributed by atoms with E-state index in [1.807, 2.05) is 30.3 Å². The molecule has 2 aromatic rings. The first kappa shape index (κ1) is 17.7. The Morgan fingerprint density at radius 2 is 1.92 bits per heavy atom. The lowest BCUT2D eigenvalue weighted by Gasteiger charge is -2.24. The molecule has 0 radical (unpaired) electrons. The van der Waals surface area contributed by atoms with E-state index in [-0.39, 0.29) is 28.0 Å². The van der Waals surface area contributed by atoms with Gasteiger partial charge in [0.05, 0.1) is 0 Å². The molecule has 1 aromatic carbocycles. The third kappa shape index (κ3) is 3.21. The van der Waals surface area contributed by atoms with Crippen LogP contribution in [0.25, 0.3) is 0 Å². The van der Waals surface area contributed by atoms with E-state index in [0.717, 1.165) is 18.4 Å². The summed E-state index contributed by atoms with van der Waals surface area (Å²) in [6, 6.07) is 9.54. The largest absolute Gasteiger partial charge is 0.478 e. The Bertz CT molecular complexity index is 886. The van der Waals surface area contributed by atoms with Gasteiger partial charge >= 0.3 is 5.97 Å². The second-order valence-electron chi connectivity index (χ2n) is 6.33. The topological polar surface area (TPSA) is 87.8 Å². The van der Waals surface area contributed by atoms with Crippen molar-refractivity contribution < 1.29 is 22.7 Å². The lowest BCUT2D eigenvalue weighted by molar-refractivity contribution is 0.0691. The maximum atomic E-state index is 13.2. The Morgan fingerprint density at radius 1 is 1.24 bits per heavy atom. The van der Waals surface area contributed by atoms with Gasteiger partial charge in [-0.3, -0.25) is 0 Å². The molecule has 1 aliphatic heterocycles. The van der Waals surface area contributed by atoms with Crippen LogP contribution in [0.5, 0.6) is 0 Å². The van der Waals surface area contributed by atoms with Crippen molar-refractivity contribution in [3.63, 3.8) is 0 Å². The van der Waals surface area contributed by atoms with E-state index in [1.165, 1.54) is 18.2 Å². The molecule has 1 N–H and O–H groups in total. The molecule has 1 aromatic heterocycles. The summed E-state index contributed by atoms with van der Waals surface area (Å²) < 4.78 is 33.1. The average molecular weight is 363 g/mol. The van der Waals surface area contributed by atoms with Crippen molar-refractivity contribution in [2.75, 3.05) is 6.54 Å². The van der Waals surface area contributed by atoms with E-state index in [0.29, 0.717) is 13.0 Å². The smallest absolute Gasteiger partial charge is 0.340 e. The van der Waals surface area contributed by atoms with E-state index >= 15 is 0 Å². The number of rotatable bonds is 5. The minimum absolute atomic E-state index is 0.113. The van der Waals surface area contributed by atoms with Crippen molar-refractivity contribution >= 4 is 16.0 Å². The van der Waals surface area contributed by atoms with E-state index in [9.17, 15) is 18.3 Å². The Kier molecular flexibility index (Phi) is 4.71. The number of sulfonamides is 1. The van der Waals surface area contributed by atoms with E-state index in [1.54, 1.807) is 0 Å². The molecule has 25 heavy (non-hydrogen) atoms. The molecule has 1 atom stereocenters. The number of furan rings is 1. The second-order valence-corrected chi connectivity index (χ2v) is 8.15. The maximum Gasteiger partial charge on any atom is 0.340 e. The monoisotopic (exact) mass is 363 g/mol. The quantitative estimate of drug-likeness (QED) is 0.882. The van der Waals surface area contributed by atoms with Gasteiger partial charge in [0.1, 0.15) is 22.0 Å². The Balaban J connectivity index is 1.98. The Labute approximate surface area is 147 Å². The van der Waals surface area contributed by atoms with Crippen LogP contribution in [0.15, 0.2) is 39.6 Å². The molecule has 1 saturated heterocycles. The minimum Gasteiger partial charge on any atom is -0.478 e. The highest BCUT2D eigenvalue weighted by Crippen LogP contribution is 2.34. The van der Waals surface area contributed by atoms with Crippen LogP contribution in [0.4, 0.5) is 0 Å². The van der Waals surface area contributed by atoms with Crippen LogP contribution in [0, 0.1) is 13.8 Å². The molecule has 1 aliphatic rings. The highest BCUT2D eigenvalue weighted by atomic mass is 32.2. The number of carbonyl (C=O) groups is 1. The van der Waals surface area contributed by atoms with Crippen LogP contribution in [-0.2, 0) is 16.4 Å². The van der Waals surface area contributed by atoms with Crippen LogP contribution in [0.3, 0.4) is 0 Å². The average Bonchev–Trinajstić information content (AvgIpc) is 3.12. The lowest BCUT2D eigenvalue weighted by Crippen LogP contribution is -2.37. The molecule has 6 nitrogen and oxygen atoms in total. The summed E-state index contributed by atoms with van der Waals surface area (Å²) >= 11 is 0. The van der Waals surface area contributed by atoms with Crippen LogP contribution in [-0.4, -0.2) is 36.4 Å². The van der Waals surface area contributed by atoms with Gasteiger partial charge in [-0.05, 0) is 38.7 Å². The number of aromatic carboxylic acids is 1. The zero-order valence-corrected chi connectivity index (χ0v) is 15.0. The summed E-state index contributed by atoms with van der Waals surface area (Å²) in [7, 11) is -3.93. The lowest BCUT2D eigenvalue weighted by atomic mass is 10.1. The molecule has 7 heteroatoms. The fourth-order valence-corrected chi connectivity index (χ4v) is 5.62. The number of carboxylic acids is 1. The summed E-state index contributed by atoms with van der Waals surface area (Å²) in [5.41, 5.74) is 0.802. The molecule has 1 fully saturated rings. The number of hydrogen-bond acceptors (Lipinski definition) is 4. The van der Waals surface area contributed by atoms with Crippen LogP contribution < -0.4 is 0 Å². The zero-order chi connectivity index (χ0) is 18.2. The van der Waals surface area contributed by atoms with Crippen molar-refractivity contribution in [2.45, 2.75) is 44.0 Å². The summed E-state index contributed by atoms with van der Waals surface area (Å²) in [6.45, 7) is 3.36. The number of benzene rings is 1. The summed E-state index contributed by atoms with van der Waals surface area (Å²) in [5.74, 6) is -1.05. The van der Waals surface area contributed by atoms with Gasteiger partial charge in [0.15, 0.2) is 0 Å². The Hall–Kier alpha value is -2.12. The first-order chi connectivity index (χ1) is 11.8. The molecular formula is C18H21NO5S. The SMILES string of the molecule is Cc1oc(C)c(S(=O)(=O)N2CCCC2Cc2ccccc2)c1C(=O)O. The summed E-state index contributed by atoms with van der Waals surface area (Å²) in [6.07, 6.45) is 2.12. The summed E-state index contributed by atoms with van der Waals surface area (Å²) in [4.78, 5) is 11.3. The predicted octanol–water partition coefficient (Wildman–Crippen LogP) is 2.99. The van der Waals surface area contributed by atoms with Crippen LogP contribution in [0.1, 0.15) is 40.3 Å². The molecule has 0 saturated carbocycles. The first-order valence-electron chi connectivity index (χ1n) is 8.21. The molecule has 0 spiro atoms. The molecule has 0 bridgehead atoms. The molecule has 134 valence electrons. The van der Waals surface area contributed by atoms with Gasteiger partial charge in [-0.2, -0.15) is 4.31 Å². The fourth-order valence-electron chi connectivity index (χ4n) is 3.55. The van der Waals surface area contributed by atoms with Crippen molar-refractivity contribution in [3.8, 4) is 0 Å². The van der Waals surface area contributed by atoms with Gasteiger partial charge in [0, 0.05) is 12.6 Å². The minimum atomic E-state index is -3.93. The highest BCUT2D eigenvalue weighted by molar-refractivity contribution is 7.89. The van der Waals surface area contributed by atoms with Gasteiger partial charge < -0.3 is 9.52 Å². The van der Waals surface area contributed by atoms with E-state index in [4.69, 9.17) is 4.42 Å². The van der Waals surface area contributed by atoms with Crippen molar-refractivity contribution in [1.82, 2.24) is 4.31 Å². The third-order valence-electron chi connectivity index (χ3n) is 4.62. The number of nitrogens with zero attached hydrogens (tertiary/aromatic N) is 1. The molecule has 1 unspecified atom stereocenters. The predicted molar refractivity (Wildman–Crippen MR) is 92.2 cm³/mol. The first-order valence-corrected chi connectivity index (χ1v) is 9.65. The Morgan fingerprint density at radius 3 is 2.56 bits per heavy atom. The van der Waals surface area contributed by atoms with Crippen molar-refractivity contribution in [3.05, 3.63) is 53.0 Å². The molecule has 0 amide bonds. The van der Waals surface area contributed by atoms with Crippen LogP contribution >= 0.6 is 0 Å². The third-order valence-corrected chi connectivity index (χ3v) is 6.73. The standard InChI is InChI=1S/C18H21NO5S/c1-12-16(18(20)21)17(13(2)24-12)25(22,23)19-10-6-9-15(19)11-14-7-4-3-5-8-14/h3-5,7-8,15H,6,9-11H2,1-2H3,(H,20,21). The molecule has 2 heterocycles. The van der Waals surface area contributed by atoms with Gasteiger partial charge in [-0.15, -0.1) is 0 Å². The van der Waals surface area contributed by atoms with E-state index in [2.05, 4.69) is 0 Å².